The zero-order chi connectivity index (χ0) is 15.5. The first-order chi connectivity index (χ1) is 10.6. The van der Waals surface area contributed by atoms with E-state index in [1.54, 1.807) is 6.07 Å². The van der Waals surface area contributed by atoms with Crippen LogP contribution in [0.15, 0.2) is 42.5 Å². The molecule has 1 atom stereocenters. The van der Waals surface area contributed by atoms with Crippen LogP contribution in [-0.4, -0.2) is 19.1 Å². The lowest BCUT2D eigenvalue weighted by Gasteiger charge is -2.21. The summed E-state index contributed by atoms with van der Waals surface area (Å²) in [6.45, 7) is 2.92. The summed E-state index contributed by atoms with van der Waals surface area (Å²) in [5, 5.41) is 2.84. The van der Waals surface area contributed by atoms with Crippen molar-refractivity contribution in [1.82, 2.24) is 5.32 Å². The van der Waals surface area contributed by atoms with Gasteiger partial charge in [0.15, 0.2) is 11.5 Å². The van der Waals surface area contributed by atoms with E-state index < -0.39 is 5.82 Å². The molecule has 1 heterocycles. The molecular formula is C17H16FNO3. The lowest BCUT2D eigenvalue weighted by atomic mass is 10.1. The molecule has 0 radical (unpaired) electrons. The van der Waals surface area contributed by atoms with Crippen molar-refractivity contribution >= 4 is 5.91 Å². The van der Waals surface area contributed by atoms with Crippen LogP contribution in [0.3, 0.4) is 0 Å². The van der Waals surface area contributed by atoms with Crippen molar-refractivity contribution in [2.24, 2.45) is 0 Å². The predicted molar refractivity (Wildman–Crippen MR) is 79.7 cm³/mol. The summed E-state index contributed by atoms with van der Waals surface area (Å²) in [5.41, 5.74) is 1.19. The Morgan fingerprint density at radius 2 is 1.91 bits per heavy atom. The monoisotopic (exact) mass is 301 g/mol. The van der Waals surface area contributed by atoms with Crippen LogP contribution < -0.4 is 14.8 Å². The van der Waals surface area contributed by atoms with E-state index in [4.69, 9.17) is 9.47 Å². The molecule has 0 aliphatic carbocycles. The number of carbonyl (C=O) groups excluding carboxylic acids is 1. The summed E-state index contributed by atoms with van der Waals surface area (Å²) >= 11 is 0. The van der Waals surface area contributed by atoms with Gasteiger partial charge in [0, 0.05) is 5.56 Å². The van der Waals surface area contributed by atoms with Crippen LogP contribution in [0.2, 0.25) is 0 Å². The van der Waals surface area contributed by atoms with Crippen LogP contribution >= 0.6 is 0 Å². The molecule has 1 amide bonds. The highest BCUT2D eigenvalue weighted by atomic mass is 19.1. The topological polar surface area (TPSA) is 47.6 Å². The van der Waals surface area contributed by atoms with E-state index in [0.29, 0.717) is 30.3 Å². The first kappa shape index (κ1) is 14.4. The molecule has 22 heavy (non-hydrogen) atoms. The zero-order valence-electron chi connectivity index (χ0n) is 12.1. The Morgan fingerprint density at radius 3 is 2.68 bits per heavy atom. The number of benzene rings is 2. The van der Waals surface area contributed by atoms with Crippen molar-refractivity contribution in [1.29, 1.82) is 0 Å². The Bertz CT molecular complexity index is 702. The molecule has 2 aromatic carbocycles. The summed E-state index contributed by atoms with van der Waals surface area (Å²) in [7, 11) is 0. The number of rotatable bonds is 3. The van der Waals surface area contributed by atoms with Crippen LogP contribution in [0.1, 0.15) is 28.9 Å². The molecule has 1 aliphatic rings. The fourth-order valence-electron chi connectivity index (χ4n) is 2.32. The van der Waals surface area contributed by atoms with Gasteiger partial charge in [-0.05, 0) is 42.8 Å². The fourth-order valence-corrected chi connectivity index (χ4v) is 2.32. The van der Waals surface area contributed by atoms with E-state index in [1.807, 2.05) is 25.1 Å². The van der Waals surface area contributed by atoms with E-state index in [-0.39, 0.29) is 11.9 Å². The number of hydrogen-bond acceptors (Lipinski definition) is 3. The fraction of sp³-hybridized carbons (Fsp3) is 0.235. The van der Waals surface area contributed by atoms with Gasteiger partial charge in [-0.15, -0.1) is 0 Å². The van der Waals surface area contributed by atoms with Crippen LogP contribution in [-0.2, 0) is 0 Å². The predicted octanol–water partition coefficient (Wildman–Crippen LogP) is 3.09. The summed E-state index contributed by atoms with van der Waals surface area (Å²) in [5.74, 6) is 0.635. The van der Waals surface area contributed by atoms with Gasteiger partial charge in [0.25, 0.3) is 5.91 Å². The summed E-state index contributed by atoms with van der Waals surface area (Å²) in [4.78, 5) is 12.1. The van der Waals surface area contributed by atoms with Crippen molar-refractivity contribution < 1.29 is 18.7 Å². The molecule has 114 valence electrons. The Labute approximate surface area is 127 Å². The number of nitrogens with one attached hydrogen (secondary N) is 1. The molecule has 0 bridgehead atoms. The van der Waals surface area contributed by atoms with Crippen molar-refractivity contribution in [2.45, 2.75) is 13.0 Å². The van der Waals surface area contributed by atoms with Crippen LogP contribution in [0.5, 0.6) is 11.5 Å². The second-order valence-electron chi connectivity index (χ2n) is 5.11. The standard InChI is InChI=1S/C17H16FNO3/c1-11(19-17(20)13-3-2-4-14(18)9-13)12-5-6-15-16(10-12)22-8-7-21-15/h2-6,9-11H,7-8H2,1H3,(H,19,20). The summed E-state index contributed by atoms with van der Waals surface area (Å²) < 4.78 is 24.2. The molecule has 0 saturated carbocycles. The molecular weight excluding hydrogens is 285 g/mol. The largest absolute Gasteiger partial charge is 0.486 e. The van der Waals surface area contributed by atoms with Gasteiger partial charge in [-0.2, -0.15) is 0 Å². The molecule has 0 spiro atoms. The Balaban J connectivity index is 1.74. The second kappa shape index (κ2) is 6.05. The lowest BCUT2D eigenvalue weighted by molar-refractivity contribution is 0.0939. The number of halogens is 1. The van der Waals surface area contributed by atoms with Crippen molar-refractivity contribution in [3.8, 4) is 11.5 Å². The summed E-state index contributed by atoms with van der Waals surface area (Å²) in [6, 6.07) is 10.9. The van der Waals surface area contributed by atoms with Gasteiger partial charge in [0.05, 0.1) is 6.04 Å². The van der Waals surface area contributed by atoms with E-state index in [1.165, 1.54) is 18.2 Å². The third-order valence-electron chi connectivity index (χ3n) is 3.50. The van der Waals surface area contributed by atoms with Gasteiger partial charge >= 0.3 is 0 Å². The minimum Gasteiger partial charge on any atom is -0.486 e. The Morgan fingerprint density at radius 1 is 1.14 bits per heavy atom. The van der Waals surface area contributed by atoms with Gasteiger partial charge in [0.2, 0.25) is 0 Å². The molecule has 5 heteroatoms. The molecule has 0 aromatic heterocycles. The zero-order valence-corrected chi connectivity index (χ0v) is 12.1. The van der Waals surface area contributed by atoms with Crippen LogP contribution in [0.4, 0.5) is 4.39 Å². The van der Waals surface area contributed by atoms with Gasteiger partial charge < -0.3 is 14.8 Å². The van der Waals surface area contributed by atoms with Gasteiger partial charge in [-0.25, -0.2) is 4.39 Å². The molecule has 0 fully saturated rings. The first-order valence-corrected chi connectivity index (χ1v) is 7.09. The number of fused-ring (bicyclic) bond motifs is 1. The molecule has 3 rings (SSSR count). The smallest absolute Gasteiger partial charge is 0.251 e. The maximum Gasteiger partial charge on any atom is 0.251 e. The molecule has 1 N–H and O–H groups in total. The Kier molecular flexibility index (Phi) is 3.96. The number of ether oxygens (including phenoxy) is 2. The van der Waals surface area contributed by atoms with E-state index >= 15 is 0 Å². The SMILES string of the molecule is CC(NC(=O)c1cccc(F)c1)c1ccc2c(c1)OCCO2. The van der Waals surface area contributed by atoms with Crippen molar-refractivity contribution in [3.63, 3.8) is 0 Å². The summed E-state index contributed by atoms with van der Waals surface area (Å²) in [6.07, 6.45) is 0. The molecule has 1 aliphatic heterocycles. The average molecular weight is 301 g/mol. The van der Waals surface area contributed by atoms with Crippen molar-refractivity contribution in [2.75, 3.05) is 13.2 Å². The second-order valence-corrected chi connectivity index (χ2v) is 5.11. The van der Waals surface area contributed by atoms with E-state index in [2.05, 4.69) is 5.32 Å². The van der Waals surface area contributed by atoms with Crippen LogP contribution in [0, 0.1) is 5.82 Å². The molecule has 0 saturated heterocycles. The van der Waals surface area contributed by atoms with Gasteiger partial charge in [0.1, 0.15) is 19.0 Å². The third-order valence-corrected chi connectivity index (χ3v) is 3.50. The highest BCUT2D eigenvalue weighted by Gasteiger charge is 2.16. The third kappa shape index (κ3) is 3.03. The molecule has 1 unspecified atom stereocenters. The maximum absolute atomic E-state index is 13.2. The van der Waals surface area contributed by atoms with E-state index in [0.717, 1.165) is 5.56 Å². The number of amides is 1. The molecule has 4 nitrogen and oxygen atoms in total. The van der Waals surface area contributed by atoms with Gasteiger partial charge in [-0.1, -0.05) is 12.1 Å². The Hall–Kier alpha value is -2.56. The maximum atomic E-state index is 13.2. The quantitative estimate of drug-likeness (QED) is 0.947. The molecule has 2 aromatic rings. The van der Waals surface area contributed by atoms with E-state index in [9.17, 15) is 9.18 Å². The highest BCUT2D eigenvalue weighted by molar-refractivity contribution is 5.94. The lowest BCUT2D eigenvalue weighted by Crippen LogP contribution is -2.27. The number of hydrogen-bond donors (Lipinski definition) is 1. The minimum absolute atomic E-state index is 0.230. The van der Waals surface area contributed by atoms with Crippen molar-refractivity contribution in [3.05, 3.63) is 59.4 Å². The minimum atomic E-state index is -0.431. The van der Waals surface area contributed by atoms with Gasteiger partial charge in [-0.3, -0.25) is 4.79 Å². The average Bonchev–Trinajstić information content (AvgIpc) is 2.54. The number of carbonyl (C=O) groups is 1. The van der Waals surface area contributed by atoms with Crippen LogP contribution in [0.25, 0.3) is 0 Å². The normalized spacial score (nSPS) is 14.3. The first-order valence-electron chi connectivity index (χ1n) is 7.09. The highest BCUT2D eigenvalue weighted by Crippen LogP contribution is 2.32.